The standard InChI is InChI=1S/C17H27N3O4/c1-2-3-4-6-17(22-8-9-23-17)7-5-12-13-10-16(21)24-15(13)11-14(12)19-20-18/h12-15H,2-11H2,1H3/t12-,13-,14-,15+/m1/s1. The lowest BCUT2D eigenvalue weighted by molar-refractivity contribution is -0.170. The smallest absolute Gasteiger partial charge is 0.306 e. The summed E-state index contributed by atoms with van der Waals surface area (Å²) in [4.78, 5) is 14.6. The van der Waals surface area contributed by atoms with Crippen molar-refractivity contribution in [2.75, 3.05) is 13.2 Å². The Hall–Kier alpha value is -1.30. The lowest BCUT2D eigenvalue weighted by Gasteiger charge is -2.30. The van der Waals surface area contributed by atoms with Crippen LogP contribution in [-0.4, -0.2) is 37.1 Å². The number of hydrogen-bond acceptors (Lipinski definition) is 5. The molecule has 0 amide bonds. The second kappa shape index (κ2) is 7.72. The van der Waals surface area contributed by atoms with Crippen molar-refractivity contribution < 1.29 is 19.0 Å². The Balaban J connectivity index is 1.63. The monoisotopic (exact) mass is 337 g/mol. The Morgan fingerprint density at radius 3 is 2.79 bits per heavy atom. The number of azide groups is 1. The molecule has 3 fully saturated rings. The highest BCUT2D eigenvalue weighted by Crippen LogP contribution is 2.46. The van der Waals surface area contributed by atoms with Gasteiger partial charge in [-0.05, 0) is 30.7 Å². The van der Waals surface area contributed by atoms with Crippen LogP contribution < -0.4 is 0 Å². The second-order valence-corrected chi connectivity index (χ2v) is 7.17. The first-order valence-corrected chi connectivity index (χ1v) is 9.19. The number of rotatable bonds is 8. The van der Waals surface area contributed by atoms with Gasteiger partial charge in [0.15, 0.2) is 5.79 Å². The lowest BCUT2D eigenvalue weighted by Crippen LogP contribution is -2.32. The van der Waals surface area contributed by atoms with Gasteiger partial charge in [0.05, 0.1) is 19.6 Å². The number of carbonyl (C=O) groups is 1. The van der Waals surface area contributed by atoms with E-state index in [1.807, 2.05) is 0 Å². The van der Waals surface area contributed by atoms with Crippen LogP contribution in [0, 0.1) is 11.8 Å². The molecule has 4 atom stereocenters. The summed E-state index contributed by atoms with van der Waals surface area (Å²) >= 11 is 0. The molecule has 7 heteroatoms. The van der Waals surface area contributed by atoms with Gasteiger partial charge in [-0.3, -0.25) is 4.79 Å². The van der Waals surface area contributed by atoms with E-state index in [4.69, 9.17) is 19.7 Å². The number of carbonyl (C=O) groups excluding carboxylic acids is 1. The number of nitrogens with zero attached hydrogens (tertiary/aromatic N) is 3. The summed E-state index contributed by atoms with van der Waals surface area (Å²) in [5, 5.41) is 3.96. The molecular weight excluding hydrogens is 310 g/mol. The number of fused-ring (bicyclic) bond motifs is 1. The molecule has 134 valence electrons. The molecule has 1 aliphatic carbocycles. The largest absolute Gasteiger partial charge is 0.462 e. The molecule has 0 aromatic carbocycles. The van der Waals surface area contributed by atoms with Crippen molar-refractivity contribution in [3.05, 3.63) is 10.4 Å². The summed E-state index contributed by atoms with van der Waals surface area (Å²) in [5.74, 6) is -0.270. The Bertz CT molecular complexity index is 500. The molecule has 0 N–H and O–H groups in total. The SMILES string of the molecule is CCCCCC1(CC[C@@H]2[C@H]3CC(=O)O[C@H]3C[C@H]2N=[N+]=[N-])OCCO1. The third-order valence-electron chi connectivity index (χ3n) is 5.71. The summed E-state index contributed by atoms with van der Waals surface area (Å²) in [5.41, 5.74) is 8.83. The molecule has 0 aromatic heterocycles. The van der Waals surface area contributed by atoms with Crippen LogP contribution in [0.2, 0.25) is 0 Å². The van der Waals surface area contributed by atoms with E-state index in [1.54, 1.807) is 0 Å². The predicted octanol–water partition coefficient (Wildman–Crippen LogP) is 3.72. The minimum absolute atomic E-state index is 0.0838. The van der Waals surface area contributed by atoms with Gasteiger partial charge >= 0.3 is 5.97 Å². The minimum atomic E-state index is -0.488. The van der Waals surface area contributed by atoms with Crippen LogP contribution in [0.3, 0.4) is 0 Å². The molecule has 7 nitrogen and oxygen atoms in total. The van der Waals surface area contributed by atoms with Crippen LogP contribution in [0.15, 0.2) is 5.11 Å². The van der Waals surface area contributed by atoms with E-state index in [1.165, 1.54) is 12.8 Å². The molecule has 0 spiro atoms. The van der Waals surface area contributed by atoms with Gasteiger partial charge in [-0.1, -0.05) is 24.9 Å². The zero-order chi connectivity index (χ0) is 17.0. The minimum Gasteiger partial charge on any atom is -0.462 e. The van der Waals surface area contributed by atoms with E-state index in [9.17, 15) is 4.79 Å². The quantitative estimate of drug-likeness (QED) is 0.222. The van der Waals surface area contributed by atoms with Gasteiger partial charge in [0.1, 0.15) is 6.10 Å². The third-order valence-corrected chi connectivity index (χ3v) is 5.71. The van der Waals surface area contributed by atoms with Gasteiger partial charge in [-0.2, -0.15) is 0 Å². The van der Waals surface area contributed by atoms with E-state index in [2.05, 4.69) is 16.9 Å². The van der Waals surface area contributed by atoms with Crippen molar-refractivity contribution in [2.24, 2.45) is 17.0 Å². The maximum Gasteiger partial charge on any atom is 0.306 e. The first-order valence-electron chi connectivity index (χ1n) is 9.19. The van der Waals surface area contributed by atoms with Crippen molar-refractivity contribution >= 4 is 5.97 Å². The molecule has 24 heavy (non-hydrogen) atoms. The average molecular weight is 337 g/mol. The zero-order valence-corrected chi connectivity index (χ0v) is 14.4. The molecule has 0 bridgehead atoms. The summed E-state index contributed by atoms with van der Waals surface area (Å²) in [6.45, 7) is 3.47. The average Bonchev–Trinajstić information content (AvgIpc) is 3.22. The van der Waals surface area contributed by atoms with E-state index < -0.39 is 5.79 Å². The Labute approximate surface area is 142 Å². The topological polar surface area (TPSA) is 93.5 Å². The van der Waals surface area contributed by atoms with Crippen LogP contribution >= 0.6 is 0 Å². The van der Waals surface area contributed by atoms with Crippen LogP contribution in [0.1, 0.15) is 58.3 Å². The number of ether oxygens (including phenoxy) is 3. The molecule has 3 aliphatic rings. The molecule has 2 saturated heterocycles. The van der Waals surface area contributed by atoms with Crippen LogP contribution in [0.25, 0.3) is 10.4 Å². The van der Waals surface area contributed by atoms with Crippen molar-refractivity contribution in [2.45, 2.75) is 76.2 Å². The van der Waals surface area contributed by atoms with Gasteiger partial charge in [-0.15, -0.1) is 0 Å². The second-order valence-electron chi connectivity index (χ2n) is 7.17. The van der Waals surface area contributed by atoms with E-state index >= 15 is 0 Å². The summed E-state index contributed by atoms with van der Waals surface area (Å²) in [6.07, 6.45) is 6.97. The van der Waals surface area contributed by atoms with Crippen molar-refractivity contribution in [1.29, 1.82) is 0 Å². The highest BCUT2D eigenvalue weighted by atomic mass is 16.7. The van der Waals surface area contributed by atoms with Gasteiger partial charge < -0.3 is 14.2 Å². The predicted molar refractivity (Wildman–Crippen MR) is 87.0 cm³/mol. The molecule has 1 saturated carbocycles. The van der Waals surface area contributed by atoms with Gasteiger partial charge in [-0.25, -0.2) is 0 Å². The Morgan fingerprint density at radius 2 is 2.08 bits per heavy atom. The van der Waals surface area contributed by atoms with E-state index in [-0.39, 0.29) is 30.0 Å². The van der Waals surface area contributed by atoms with Gasteiger partial charge in [0, 0.05) is 29.7 Å². The number of esters is 1. The zero-order valence-electron chi connectivity index (χ0n) is 14.4. The molecule has 0 unspecified atom stereocenters. The maximum absolute atomic E-state index is 11.6. The first kappa shape index (κ1) is 17.5. The lowest BCUT2D eigenvalue weighted by atomic mass is 9.85. The van der Waals surface area contributed by atoms with Gasteiger partial charge in [0.25, 0.3) is 0 Å². The highest BCUT2D eigenvalue weighted by molar-refractivity contribution is 5.72. The number of unbranched alkanes of at least 4 members (excludes halogenated alkanes) is 2. The van der Waals surface area contributed by atoms with Crippen LogP contribution in [0.4, 0.5) is 0 Å². The molecular formula is C17H27N3O4. The normalized spacial score (nSPS) is 34.0. The third kappa shape index (κ3) is 3.68. The van der Waals surface area contributed by atoms with Crippen LogP contribution in [-0.2, 0) is 19.0 Å². The Kier molecular flexibility index (Phi) is 5.64. The molecule has 2 aliphatic heterocycles. The van der Waals surface area contributed by atoms with Crippen molar-refractivity contribution in [3.63, 3.8) is 0 Å². The number of hydrogen-bond donors (Lipinski definition) is 0. The molecule has 3 rings (SSSR count). The fourth-order valence-corrected chi connectivity index (χ4v) is 4.52. The summed E-state index contributed by atoms with van der Waals surface area (Å²) < 4.78 is 17.3. The summed E-state index contributed by atoms with van der Waals surface area (Å²) in [6, 6.07) is -0.0906. The molecule has 0 radical (unpaired) electrons. The first-order chi connectivity index (χ1) is 11.7. The molecule has 2 heterocycles. The van der Waals surface area contributed by atoms with E-state index in [0.717, 1.165) is 25.7 Å². The fraction of sp³-hybridized carbons (Fsp3) is 0.941. The fourth-order valence-electron chi connectivity index (χ4n) is 4.52. The van der Waals surface area contributed by atoms with Gasteiger partial charge in [0.2, 0.25) is 0 Å². The molecule has 0 aromatic rings. The van der Waals surface area contributed by atoms with Crippen molar-refractivity contribution in [3.8, 4) is 0 Å². The summed E-state index contributed by atoms with van der Waals surface area (Å²) in [7, 11) is 0. The Morgan fingerprint density at radius 1 is 1.29 bits per heavy atom. The highest BCUT2D eigenvalue weighted by Gasteiger charge is 2.50. The van der Waals surface area contributed by atoms with Crippen LogP contribution in [0.5, 0.6) is 0 Å². The van der Waals surface area contributed by atoms with Crippen molar-refractivity contribution in [1.82, 2.24) is 0 Å². The van der Waals surface area contributed by atoms with E-state index in [0.29, 0.717) is 26.1 Å². The maximum atomic E-state index is 11.6.